The lowest BCUT2D eigenvalue weighted by atomic mass is 10.1. The Bertz CT molecular complexity index is 323. The number of hydrogen-bond acceptors (Lipinski definition) is 3. The van der Waals surface area contributed by atoms with Crippen molar-refractivity contribution in [3.63, 3.8) is 0 Å². The summed E-state index contributed by atoms with van der Waals surface area (Å²) in [5, 5.41) is 3.32. The van der Waals surface area contributed by atoms with E-state index < -0.39 is 0 Å². The molecule has 0 aliphatic heterocycles. The average Bonchev–Trinajstić information content (AvgIpc) is 3.10. The van der Waals surface area contributed by atoms with E-state index in [-0.39, 0.29) is 0 Å². The number of rotatable bonds is 5. The van der Waals surface area contributed by atoms with Crippen LogP contribution in [0.15, 0.2) is 18.3 Å². The van der Waals surface area contributed by atoms with Gasteiger partial charge in [0.2, 0.25) is 0 Å². The zero-order valence-corrected chi connectivity index (χ0v) is 9.36. The maximum Gasteiger partial charge on any atom is 0.141 e. The van der Waals surface area contributed by atoms with Crippen LogP contribution in [0.25, 0.3) is 0 Å². The summed E-state index contributed by atoms with van der Waals surface area (Å²) in [6, 6.07) is 4.21. The van der Waals surface area contributed by atoms with E-state index in [0.29, 0.717) is 6.04 Å². The number of pyridine rings is 1. The van der Waals surface area contributed by atoms with E-state index in [0.717, 1.165) is 17.4 Å². The zero-order valence-electron chi connectivity index (χ0n) is 9.36. The fraction of sp³-hybridized carbons (Fsp3) is 0.583. The molecule has 0 radical (unpaired) electrons. The Kier molecular flexibility index (Phi) is 3.21. The average molecular weight is 206 g/mol. The van der Waals surface area contributed by atoms with Gasteiger partial charge in [0.25, 0.3) is 0 Å². The van der Waals surface area contributed by atoms with E-state index in [9.17, 15) is 0 Å². The summed E-state index contributed by atoms with van der Waals surface area (Å²) in [7, 11) is 3.69. The van der Waals surface area contributed by atoms with Gasteiger partial charge in [0.05, 0.1) is 18.8 Å². The SMILES string of the molecule is CNC(CC1CC1)c1ncccc1OC. The molecule has 1 N–H and O–H groups in total. The summed E-state index contributed by atoms with van der Waals surface area (Å²) in [5.74, 6) is 1.77. The lowest BCUT2D eigenvalue weighted by Gasteiger charge is -2.17. The fourth-order valence-corrected chi connectivity index (χ4v) is 1.89. The molecule has 0 bridgehead atoms. The molecule has 1 saturated carbocycles. The largest absolute Gasteiger partial charge is 0.495 e. The Hall–Kier alpha value is -1.09. The Balaban J connectivity index is 2.15. The van der Waals surface area contributed by atoms with Crippen LogP contribution in [-0.2, 0) is 0 Å². The Morgan fingerprint density at radius 3 is 3.00 bits per heavy atom. The quantitative estimate of drug-likeness (QED) is 0.801. The van der Waals surface area contributed by atoms with Crippen LogP contribution in [0.3, 0.4) is 0 Å². The van der Waals surface area contributed by atoms with Crippen LogP contribution in [-0.4, -0.2) is 19.1 Å². The zero-order chi connectivity index (χ0) is 10.7. The molecule has 0 amide bonds. The van der Waals surface area contributed by atoms with Crippen molar-refractivity contribution in [3.8, 4) is 5.75 Å². The highest BCUT2D eigenvalue weighted by Crippen LogP contribution is 2.38. The lowest BCUT2D eigenvalue weighted by molar-refractivity contribution is 0.390. The Morgan fingerprint density at radius 2 is 2.40 bits per heavy atom. The molecule has 2 rings (SSSR count). The van der Waals surface area contributed by atoms with E-state index in [1.165, 1.54) is 19.3 Å². The molecule has 1 aromatic heterocycles. The van der Waals surface area contributed by atoms with Gasteiger partial charge in [-0.2, -0.15) is 0 Å². The molecule has 1 atom stereocenters. The molecule has 3 heteroatoms. The van der Waals surface area contributed by atoms with Crippen molar-refractivity contribution in [1.29, 1.82) is 0 Å². The first-order chi connectivity index (χ1) is 7.35. The van der Waals surface area contributed by atoms with Gasteiger partial charge in [-0.15, -0.1) is 0 Å². The molecule has 15 heavy (non-hydrogen) atoms. The molecule has 1 aromatic rings. The fourth-order valence-electron chi connectivity index (χ4n) is 1.89. The number of nitrogens with zero attached hydrogens (tertiary/aromatic N) is 1. The molecule has 0 spiro atoms. The first-order valence-corrected chi connectivity index (χ1v) is 5.51. The van der Waals surface area contributed by atoms with Crippen LogP contribution in [0.2, 0.25) is 0 Å². The molecule has 0 aromatic carbocycles. The molecule has 1 fully saturated rings. The van der Waals surface area contributed by atoms with Gasteiger partial charge in [0.1, 0.15) is 5.75 Å². The van der Waals surface area contributed by atoms with E-state index in [1.807, 2.05) is 25.4 Å². The van der Waals surface area contributed by atoms with Crippen molar-refractivity contribution in [1.82, 2.24) is 10.3 Å². The van der Waals surface area contributed by atoms with Crippen LogP contribution in [0.5, 0.6) is 5.75 Å². The van der Waals surface area contributed by atoms with E-state index >= 15 is 0 Å². The van der Waals surface area contributed by atoms with Crippen LogP contribution in [0.4, 0.5) is 0 Å². The van der Waals surface area contributed by atoms with Crippen molar-refractivity contribution < 1.29 is 4.74 Å². The van der Waals surface area contributed by atoms with Gasteiger partial charge in [-0.25, -0.2) is 0 Å². The second kappa shape index (κ2) is 4.62. The number of ether oxygens (including phenoxy) is 1. The molecule has 1 aliphatic rings. The van der Waals surface area contributed by atoms with Crippen molar-refractivity contribution in [2.24, 2.45) is 5.92 Å². The third-order valence-corrected chi connectivity index (χ3v) is 2.96. The van der Waals surface area contributed by atoms with Crippen molar-refractivity contribution in [2.75, 3.05) is 14.2 Å². The normalized spacial score (nSPS) is 17.5. The minimum Gasteiger partial charge on any atom is -0.495 e. The van der Waals surface area contributed by atoms with E-state index in [1.54, 1.807) is 7.11 Å². The second-order valence-electron chi connectivity index (χ2n) is 4.11. The van der Waals surface area contributed by atoms with Crippen molar-refractivity contribution in [2.45, 2.75) is 25.3 Å². The summed E-state index contributed by atoms with van der Waals surface area (Å²) in [6.07, 6.45) is 5.74. The van der Waals surface area contributed by atoms with Crippen LogP contribution >= 0.6 is 0 Å². The summed E-state index contributed by atoms with van der Waals surface area (Å²) in [6.45, 7) is 0. The number of nitrogens with one attached hydrogen (secondary N) is 1. The molecule has 1 heterocycles. The molecule has 1 unspecified atom stereocenters. The standard InChI is InChI=1S/C12H18N2O/c1-13-10(8-9-5-6-9)12-11(15-2)4-3-7-14-12/h3-4,7,9-10,13H,5-6,8H2,1-2H3. The first kappa shape index (κ1) is 10.4. The molecule has 1 aliphatic carbocycles. The monoisotopic (exact) mass is 206 g/mol. The number of aromatic nitrogens is 1. The second-order valence-corrected chi connectivity index (χ2v) is 4.11. The Labute approximate surface area is 90.9 Å². The predicted octanol–water partition coefficient (Wildman–Crippen LogP) is 2.15. The topological polar surface area (TPSA) is 34.2 Å². The minimum absolute atomic E-state index is 0.327. The van der Waals surface area contributed by atoms with Gasteiger partial charge in [-0.3, -0.25) is 4.98 Å². The van der Waals surface area contributed by atoms with Gasteiger partial charge < -0.3 is 10.1 Å². The molecule has 82 valence electrons. The summed E-state index contributed by atoms with van der Waals surface area (Å²) < 4.78 is 5.33. The number of hydrogen-bond donors (Lipinski definition) is 1. The van der Waals surface area contributed by atoms with Gasteiger partial charge in [-0.05, 0) is 31.5 Å². The maximum atomic E-state index is 5.33. The highest BCUT2D eigenvalue weighted by atomic mass is 16.5. The first-order valence-electron chi connectivity index (χ1n) is 5.51. The van der Waals surface area contributed by atoms with Gasteiger partial charge >= 0.3 is 0 Å². The Morgan fingerprint density at radius 1 is 1.60 bits per heavy atom. The van der Waals surface area contributed by atoms with E-state index in [4.69, 9.17) is 4.74 Å². The third-order valence-electron chi connectivity index (χ3n) is 2.96. The molecule has 3 nitrogen and oxygen atoms in total. The van der Waals surface area contributed by atoms with Gasteiger partial charge in [0.15, 0.2) is 0 Å². The highest BCUT2D eigenvalue weighted by molar-refractivity contribution is 5.29. The van der Waals surface area contributed by atoms with Crippen molar-refractivity contribution in [3.05, 3.63) is 24.0 Å². The summed E-state index contributed by atoms with van der Waals surface area (Å²) in [4.78, 5) is 4.41. The molecule has 0 saturated heterocycles. The minimum atomic E-state index is 0.327. The highest BCUT2D eigenvalue weighted by Gasteiger charge is 2.27. The number of methoxy groups -OCH3 is 1. The molecular weight excluding hydrogens is 188 g/mol. The van der Waals surface area contributed by atoms with Crippen LogP contribution in [0, 0.1) is 5.92 Å². The van der Waals surface area contributed by atoms with Gasteiger partial charge in [0, 0.05) is 6.20 Å². The molecular formula is C12H18N2O. The van der Waals surface area contributed by atoms with Crippen LogP contribution in [0.1, 0.15) is 31.0 Å². The van der Waals surface area contributed by atoms with Crippen molar-refractivity contribution >= 4 is 0 Å². The lowest BCUT2D eigenvalue weighted by Crippen LogP contribution is -2.19. The third kappa shape index (κ3) is 2.48. The van der Waals surface area contributed by atoms with Crippen LogP contribution < -0.4 is 10.1 Å². The maximum absolute atomic E-state index is 5.33. The summed E-state index contributed by atoms with van der Waals surface area (Å²) >= 11 is 0. The summed E-state index contributed by atoms with van der Waals surface area (Å²) in [5.41, 5.74) is 1.04. The van der Waals surface area contributed by atoms with Gasteiger partial charge in [-0.1, -0.05) is 12.8 Å². The van der Waals surface area contributed by atoms with E-state index in [2.05, 4.69) is 10.3 Å². The smallest absolute Gasteiger partial charge is 0.141 e. The predicted molar refractivity (Wildman–Crippen MR) is 59.9 cm³/mol.